The predicted molar refractivity (Wildman–Crippen MR) is 147 cm³/mol. The fraction of sp³-hybridized carbons (Fsp3) is 0.697. The van der Waals surface area contributed by atoms with Gasteiger partial charge < -0.3 is 4.74 Å². The van der Waals surface area contributed by atoms with Crippen LogP contribution in [0.4, 0.5) is 0 Å². The van der Waals surface area contributed by atoms with Gasteiger partial charge in [0.15, 0.2) is 0 Å². The van der Waals surface area contributed by atoms with Crippen molar-refractivity contribution in [3.63, 3.8) is 0 Å². The molecule has 1 aromatic carbocycles. The lowest BCUT2D eigenvalue weighted by molar-refractivity contribution is 0.00675. The first-order valence-corrected chi connectivity index (χ1v) is 14.8. The summed E-state index contributed by atoms with van der Waals surface area (Å²) in [5.41, 5.74) is 2.96. The number of allylic oxidation sites excluding steroid dienone is 3. The van der Waals surface area contributed by atoms with Crippen LogP contribution in [0.15, 0.2) is 42.5 Å². The van der Waals surface area contributed by atoms with Crippen molar-refractivity contribution in [1.82, 2.24) is 0 Å². The third-order valence-electron chi connectivity index (χ3n) is 9.26. The van der Waals surface area contributed by atoms with Crippen LogP contribution >= 0.6 is 0 Å². The van der Waals surface area contributed by atoms with Gasteiger partial charge >= 0.3 is 0 Å². The molecule has 0 aliphatic heterocycles. The molecule has 0 bridgehead atoms. The van der Waals surface area contributed by atoms with Crippen LogP contribution in [0.2, 0.25) is 0 Å². The Bertz CT molecular complexity index is 735. The van der Waals surface area contributed by atoms with E-state index < -0.39 is 0 Å². The number of hydrogen-bond acceptors (Lipinski definition) is 1. The Kier molecular flexibility index (Phi) is 10.4. The van der Waals surface area contributed by atoms with Crippen molar-refractivity contribution in [2.75, 3.05) is 6.61 Å². The van der Waals surface area contributed by atoms with Crippen molar-refractivity contribution in [2.24, 2.45) is 23.7 Å². The van der Waals surface area contributed by atoms with Crippen molar-refractivity contribution >= 4 is 6.08 Å². The summed E-state index contributed by atoms with van der Waals surface area (Å²) in [6, 6.07) is 9.57. The molecule has 0 amide bonds. The van der Waals surface area contributed by atoms with E-state index in [1.54, 1.807) is 5.56 Å². The van der Waals surface area contributed by atoms with E-state index in [4.69, 9.17) is 4.74 Å². The van der Waals surface area contributed by atoms with E-state index in [1.807, 2.05) is 0 Å². The van der Waals surface area contributed by atoms with Crippen molar-refractivity contribution < 1.29 is 4.74 Å². The third kappa shape index (κ3) is 7.58. The van der Waals surface area contributed by atoms with E-state index in [1.165, 1.54) is 95.5 Å². The average Bonchev–Trinajstić information content (AvgIpc) is 2.89. The SMILES string of the molecule is CC=CC1CCC(/C=C/c2ccc(C3CCC(C4CCC(OCCCC)CC4)CC3)cc2)CC1. The van der Waals surface area contributed by atoms with Gasteiger partial charge in [0.2, 0.25) is 0 Å². The van der Waals surface area contributed by atoms with Crippen LogP contribution in [0.3, 0.4) is 0 Å². The monoisotopic (exact) mass is 462 g/mol. The van der Waals surface area contributed by atoms with E-state index in [2.05, 4.69) is 62.4 Å². The standard InChI is InChI=1S/C33H50O/c1-3-5-25-34-33-23-21-32(22-24-33)31-19-17-30(18-20-31)29-15-13-28(14-16-29)12-11-27-9-7-26(6-4-2)8-10-27/h4,6,11-16,26-27,30-33H,3,5,7-10,17-25H2,1-2H3/b6-4?,12-11+. The van der Waals surface area contributed by atoms with Crippen molar-refractivity contribution in [1.29, 1.82) is 0 Å². The smallest absolute Gasteiger partial charge is 0.0575 e. The molecule has 0 N–H and O–H groups in total. The Hall–Kier alpha value is -1.34. The Labute approximate surface area is 210 Å². The maximum absolute atomic E-state index is 6.10. The molecule has 1 nitrogen and oxygen atoms in total. The number of rotatable bonds is 9. The Morgan fingerprint density at radius 3 is 1.91 bits per heavy atom. The fourth-order valence-electron chi connectivity index (χ4n) is 6.97. The van der Waals surface area contributed by atoms with Crippen molar-refractivity contribution in [3.05, 3.63) is 53.6 Å². The zero-order valence-corrected chi connectivity index (χ0v) is 22.1. The largest absolute Gasteiger partial charge is 0.378 e. The second-order valence-electron chi connectivity index (χ2n) is 11.6. The number of unbranched alkanes of at least 4 members (excludes halogenated alkanes) is 1. The van der Waals surface area contributed by atoms with E-state index in [9.17, 15) is 0 Å². The normalized spacial score (nSPS) is 33.0. The predicted octanol–water partition coefficient (Wildman–Crippen LogP) is 9.73. The molecule has 0 saturated heterocycles. The van der Waals surface area contributed by atoms with E-state index in [0.29, 0.717) is 6.10 Å². The summed E-state index contributed by atoms with van der Waals surface area (Å²) in [6.07, 6.45) is 29.0. The molecule has 3 aliphatic carbocycles. The molecule has 3 fully saturated rings. The molecule has 4 rings (SSSR count). The van der Waals surface area contributed by atoms with Crippen LogP contribution in [-0.4, -0.2) is 12.7 Å². The summed E-state index contributed by atoms with van der Waals surface area (Å²) in [5.74, 6) is 4.31. The highest BCUT2D eigenvalue weighted by molar-refractivity contribution is 5.50. The van der Waals surface area contributed by atoms with Gasteiger partial charge in [0.25, 0.3) is 0 Å². The van der Waals surface area contributed by atoms with Gasteiger partial charge in [-0.05, 0) is 131 Å². The molecule has 0 atom stereocenters. The van der Waals surface area contributed by atoms with Gasteiger partial charge in [-0.3, -0.25) is 0 Å². The topological polar surface area (TPSA) is 9.23 Å². The molecule has 0 spiro atoms. The van der Waals surface area contributed by atoms with Gasteiger partial charge in [-0.25, -0.2) is 0 Å². The molecule has 0 aromatic heterocycles. The first kappa shape index (κ1) is 25.7. The zero-order valence-electron chi connectivity index (χ0n) is 22.1. The van der Waals surface area contributed by atoms with Crippen LogP contribution < -0.4 is 0 Å². The molecule has 0 radical (unpaired) electrons. The van der Waals surface area contributed by atoms with Crippen LogP contribution in [0.25, 0.3) is 6.08 Å². The summed E-state index contributed by atoms with van der Waals surface area (Å²) in [7, 11) is 0. The number of ether oxygens (including phenoxy) is 1. The van der Waals surface area contributed by atoms with Crippen LogP contribution in [0.5, 0.6) is 0 Å². The highest BCUT2D eigenvalue weighted by Gasteiger charge is 2.31. The minimum Gasteiger partial charge on any atom is -0.378 e. The Balaban J connectivity index is 1.17. The molecule has 188 valence electrons. The molecular formula is C33H50O. The van der Waals surface area contributed by atoms with Crippen molar-refractivity contribution in [2.45, 2.75) is 116 Å². The van der Waals surface area contributed by atoms with Gasteiger partial charge in [-0.1, -0.05) is 61.9 Å². The number of hydrogen-bond donors (Lipinski definition) is 0. The lowest BCUT2D eigenvalue weighted by atomic mass is 9.69. The maximum atomic E-state index is 6.10. The van der Waals surface area contributed by atoms with Crippen LogP contribution in [-0.2, 0) is 4.74 Å². The van der Waals surface area contributed by atoms with Gasteiger partial charge in [-0.15, -0.1) is 0 Å². The lowest BCUT2D eigenvalue weighted by Gasteiger charge is -2.38. The molecule has 3 aliphatic rings. The summed E-state index contributed by atoms with van der Waals surface area (Å²) >= 11 is 0. The minimum absolute atomic E-state index is 0.556. The number of benzene rings is 1. The first-order chi connectivity index (χ1) is 16.7. The van der Waals surface area contributed by atoms with Crippen LogP contribution in [0, 0.1) is 23.7 Å². The first-order valence-electron chi connectivity index (χ1n) is 14.8. The average molecular weight is 463 g/mol. The van der Waals surface area contributed by atoms with Gasteiger partial charge in [0, 0.05) is 6.61 Å². The quantitative estimate of drug-likeness (QED) is 0.262. The molecule has 1 aromatic rings. The lowest BCUT2D eigenvalue weighted by Crippen LogP contribution is -2.28. The summed E-state index contributed by atoms with van der Waals surface area (Å²) in [5, 5.41) is 0. The summed E-state index contributed by atoms with van der Waals surface area (Å²) in [4.78, 5) is 0. The maximum Gasteiger partial charge on any atom is 0.0575 e. The van der Waals surface area contributed by atoms with Gasteiger partial charge in [-0.2, -0.15) is 0 Å². The summed E-state index contributed by atoms with van der Waals surface area (Å²) in [6.45, 7) is 5.38. The van der Waals surface area contributed by atoms with E-state index >= 15 is 0 Å². The Morgan fingerprint density at radius 1 is 0.735 bits per heavy atom. The fourth-order valence-corrected chi connectivity index (χ4v) is 6.97. The second-order valence-corrected chi connectivity index (χ2v) is 11.6. The van der Waals surface area contributed by atoms with Crippen molar-refractivity contribution in [3.8, 4) is 0 Å². The minimum atomic E-state index is 0.556. The molecule has 1 heteroatoms. The molecule has 34 heavy (non-hydrogen) atoms. The molecule has 3 saturated carbocycles. The highest BCUT2D eigenvalue weighted by atomic mass is 16.5. The summed E-state index contributed by atoms with van der Waals surface area (Å²) < 4.78 is 6.10. The van der Waals surface area contributed by atoms with E-state index in [0.717, 1.165) is 36.2 Å². The third-order valence-corrected chi connectivity index (χ3v) is 9.26. The second kappa shape index (κ2) is 13.7. The van der Waals surface area contributed by atoms with Gasteiger partial charge in [0.1, 0.15) is 0 Å². The Morgan fingerprint density at radius 2 is 1.32 bits per heavy atom. The molecule has 0 unspecified atom stereocenters. The molecular weight excluding hydrogens is 412 g/mol. The van der Waals surface area contributed by atoms with Crippen LogP contribution in [0.1, 0.15) is 121 Å². The van der Waals surface area contributed by atoms with Gasteiger partial charge in [0.05, 0.1) is 6.10 Å². The van der Waals surface area contributed by atoms with E-state index in [-0.39, 0.29) is 0 Å². The molecule has 0 heterocycles. The zero-order chi connectivity index (χ0) is 23.6. The highest BCUT2D eigenvalue weighted by Crippen LogP contribution is 2.43.